The molecule has 0 amide bonds. The minimum Gasteiger partial charge on any atom is -0.497 e. The van der Waals surface area contributed by atoms with E-state index in [1.807, 2.05) is 18.7 Å². The van der Waals surface area contributed by atoms with Crippen molar-refractivity contribution in [2.75, 3.05) is 29.4 Å². The maximum absolute atomic E-state index is 14.9. The first kappa shape index (κ1) is 41.4. The van der Waals surface area contributed by atoms with Gasteiger partial charge in [0.15, 0.2) is 11.5 Å². The number of ether oxygens (including phenoxy) is 2. The first-order chi connectivity index (χ1) is 28.6. The molecule has 1 aliphatic heterocycles. The van der Waals surface area contributed by atoms with Gasteiger partial charge in [-0.05, 0) is 92.8 Å². The van der Waals surface area contributed by atoms with Crippen LogP contribution in [0.4, 0.5) is 29.2 Å². The second-order valence-electron chi connectivity index (χ2n) is 15.2. The van der Waals surface area contributed by atoms with Crippen molar-refractivity contribution >= 4 is 55.2 Å². The van der Waals surface area contributed by atoms with Gasteiger partial charge < -0.3 is 20.1 Å². The summed E-state index contributed by atoms with van der Waals surface area (Å²) in [5, 5.41) is 3.77. The highest BCUT2D eigenvalue weighted by atomic mass is 35.5. The molecule has 316 valence electrons. The van der Waals surface area contributed by atoms with E-state index in [9.17, 15) is 30.8 Å². The number of aromatic nitrogens is 5. The first-order valence-corrected chi connectivity index (χ1v) is 21.2. The third-order valence-electron chi connectivity index (χ3n) is 10.5. The molecule has 3 aromatic carbocycles. The minimum absolute atomic E-state index is 0.0181. The highest BCUT2D eigenvalue weighted by molar-refractivity contribution is 7.93. The Kier molecular flexibility index (Phi) is 11.2. The molecule has 0 spiro atoms. The average Bonchev–Trinajstić information content (AvgIpc) is 3.99. The largest absolute Gasteiger partial charge is 0.497 e. The Morgan fingerprint density at radius 2 is 1.65 bits per heavy atom. The Bertz CT molecular complexity index is 2740. The lowest BCUT2D eigenvalue weighted by molar-refractivity contribution is -0.00544. The van der Waals surface area contributed by atoms with Crippen molar-refractivity contribution in [3.63, 3.8) is 0 Å². The van der Waals surface area contributed by atoms with Crippen LogP contribution in [0, 0.1) is 11.6 Å². The second-order valence-corrected chi connectivity index (χ2v) is 17.7. The zero-order valence-corrected chi connectivity index (χ0v) is 34.3. The number of nitrogens with zero attached hydrogens (tertiary/aromatic N) is 7. The molecule has 3 atom stereocenters. The average molecular weight is 869 g/mol. The quantitative estimate of drug-likeness (QED) is 0.124. The van der Waals surface area contributed by atoms with Gasteiger partial charge in [-0.15, -0.1) is 0 Å². The van der Waals surface area contributed by atoms with Gasteiger partial charge in [-0.2, -0.15) is 5.10 Å². The van der Waals surface area contributed by atoms with Gasteiger partial charge in [-0.3, -0.25) is 14.0 Å². The summed E-state index contributed by atoms with van der Waals surface area (Å²) in [4.78, 5) is 26.5. The molecule has 1 saturated heterocycles. The Morgan fingerprint density at radius 1 is 0.967 bits per heavy atom. The number of fused-ring (bicyclic) bond motifs is 2. The van der Waals surface area contributed by atoms with Crippen LogP contribution in [-0.2, 0) is 34.3 Å². The van der Waals surface area contributed by atoms with Gasteiger partial charge in [0.05, 0.1) is 64.2 Å². The summed E-state index contributed by atoms with van der Waals surface area (Å²) in [7, 11) is -2.62. The molecule has 3 aromatic heterocycles. The lowest BCUT2D eigenvalue weighted by atomic mass is 10.0. The number of nitrogens with two attached hydrogens (primary N) is 1. The Balaban J connectivity index is 1.36. The molecule has 1 aliphatic carbocycles. The van der Waals surface area contributed by atoms with Crippen molar-refractivity contribution in [3.05, 3.63) is 111 Å². The SMILES string of the molecule is COc1ccc(CN(c2nn(CC(F)F)c3c(-n4c([C@@H](N)Cc5cc(F)cc(F)c5)nc5nc(N6C[C@@H](C)O[C@@H](C)C6)ccc5c4=O)ccc(Cl)c23)S(=O)(=O)C2CC2)cc1. The Morgan fingerprint density at radius 3 is 2.28 bits per heavy atom. The number of methoxy groups -OCH3 is 1. The lowest BCUT2D eigenvalue weighted by Gasteiger charge is -2.36. The van der Waals surface area contributed by atoms with Gasteiger partial charge in [0, 0.05) is 19.2 Å². The fraction of sp³-hybridized carbons (Fsp3) is 0.366. The Labute approximate surface area is 347 Å². The van der Waals surface area contributed by atoms with E-state index in [0.717, 1.165) is 25.7 Å². The van der Waals surface area contributed by atoms with E-state index in [-0.39, 0.29) is 75.0 Å². The maximum atomic E-state index is 14.9. The molecule has 60 heavy (non-hydrogen) atoms. The van der Waals surface area contributed by atoms with Crippen LogP contribution in [0.2, 0.25) is 5.02 Å². The number of anilines is 2. The normalized spacial score (nSPS) is 17.8. The van der Waals surface area contributed by atoms with E-state index < -0.39 is 51.5 Å². The minimum atomic E-state index is -4.12. The zero-order valence-electron chi connectivity index (χ0n) is 32.7. The topological polar surface area (TPSA) is 151 Å². The second kappa shape index (κ2) is 16.3. The van der Waals surface area contributed by atoms with Crippen molar-refractivity contribution in [1.29, 1.82) is 0 Å². The summed E-state index contributed by atoms with van der Waals surface area (Å²) in [6, 6.07) is 14.4. The number of sulfonamides is 1. The van der Waals surface area contributed by atoms with E-state index >= 15 is 0 Å². The van der Waals surface area contributed by atoms with Crippen molar-refractivity contribution in [3.8, 4) is 11.4 Å². The molecule has 2 fully saturated rings. The molecule has 8 rings (SSSR count). The van der Waals surface area contributed by atoms with Crippen molar-refractivity contribution in [2.24, 2.45) is 5.73 Å². The molecule has 19 heteroatoms. The number of pyridine rings is 1. The highest BCUT2D eigenvalue weighted by Crippen LogP contribution is 2.42. The number of hydrogen-bond donors (Lipinski definition) is 1. The standard InChI is InChI=1S/C41H41ClF4N8O5S/c1-22-18-51(19-23(2)59-22)35-13-10-30-38(48-35)49-39(32(47)16-25-14-26(43)17-27(44)15-25)54(41(30)55)33-12-11-31(42)36-37(33)52(21-34(45)46)50-40(36)53(60(56,57)29-8-9-29)20-24-4-6-28(58-3)7-5-24/h4-7,10-15,17,22-23,29,32,34H,8-9,16,18-21,47H2,1-3H3/t22-,23+,32-/m0/s1. The van der Waals surface area contributed by atoms with Crippen LogP contribution in [0.1, 0.15) is 49.7 Å². The zero-order chi connectivity index (χ0) is 42.6. The van der Waals surface area contributed by atoms with Gasteiger partial charge in [-0.1, -0.05) is 23.7 Å². The first-order valence-electron chi connectivity index (χ1n) is 19.3. The van der Waals surface area contributed by atoms with E-state index in [0.29, 0.717) is 49.1 Å². The van der Waals surface area contributed by atoms with Crippen LogP contribution >= 0.6 is 11.6 Å². The molecule has 2 N–H and O–H groups in total. The van der Waals surface area contributed by atoms with Crippen molar-refractivity contribution in [1.82, 2.24) is 24.3 Å². The lowest BCUT2D eigenvalue weighted by Crippen LogP contribution is -2.45. The third-order valence-corrected chi connectivity index (χ3v) is 13.1. The van der Waals surface area contributed by atoms with Gasteiger partial charge in [-0.25, -0.2) is 40.3 Å². The monoisotopic (exact) mass is 868 g/mol. The summed E-state index contributed by atoms with van der Waals surface area (Å²) in [6.45, 7) is 3.67. The van der Waals surface area contributed by atoms with Crippen LogP contribution in [0.25, 0.3) is 27.6 Å². The number of morpholine rings is 1. The fourth-order valence-electron chi connectivity index (χ4n) is 7.76. The van der Waals surface area contributed by atoms with Crippen LogP contribution < -0.4 is 25.2 Å². The van der Waals surface area contributed by atoms with Gasteiger partial charge in [0.1, 0.15) is 35.6 Å². The summed E-state index contributed by atoms with van der Waals surface area (Å²) in [5.41, 5.74) is 6.69. The number of alkyl halides is 2. The molecular formula is C41H41ClF4N8O5S. The van der Waals surface area contributed by atoms with E-state index in [2.05, 4.69) is 5.10 Å². The third kappa shape index (κ3) is 8.12. The molecule has 2 aliphatic rings. The summed E-state index contributed by atoms with van der Waals surface area (Å²) in [5.74, 6) is -0.973. The van der Waals surface area contributed by atoms with Crippen molar-refractivity contribution < 1.29 is 35.5 Å². The fourth-order valence-corrected chi connectivity index (χ4v) is 9.79. The maximum Gasteiger partial charge on any atom is 0.267 e. The summed E-state index contributed by atoms with van der Waals surface area (Å²) < 4.78 is 101. The molecule has 0 unspecified atom stereocenters. The van der Waals surface area contributed by atoms with Crippen LogP contribution in [0.3, 0.4) is 0 Å². The molecule has 1 saturated carbocycles. The number of hydrogen-bond acceptors (Lipinski definition) is 10. The highest BCUT2D eigenvalue weighted by Gasteiger charge is 2.42. The molecular weight excluding hydrogens is 828 g/mol. The molecule has 0 radical (unpaired) electrons. The molecule has 0 bridgehead atoms. The van der Waals surface area contributed by atoms with Crippen LogP contribution in [-0.4, -0.2) is 76.8 Å². The van der Waals surface area contributed by atoms with E-state index in [1.54, 1.807) is 36.4 Å². The van der Waals surface area contributed by atoms with E-state index in [1.165, 1.54) is 19.2 Å². The smallest absolute Gasteiger partial charge is 0.267 e. The number of halogens is 5. The van der Waals surface area contributed by atoms with Crippen molar-refractivity contribution in [2.45, 2.75) is 76.1 Å². The molecule has 13 nitrogen and oxygen atoms in total. The molecule has 4 heterocycles. The summed E-state index contributed by atoms with van der Waals surface area (Å²) in [6.07, 6.45) is -2.62. The summed E-state index contributed by atoms with van der Waals surface area (Å²) >= 11 is 6.89. The predicted molar refractivity (Wildman–Crippen MR) is 220 cm³/mol. The number of rotatable bonds is 13. The van der Waals surface area contributed by atoms with Gasteiger partial charge >= 0.3 is 0 Å². The number of benzene rings is 3. The molecule has 6 aromatic rings. The van der Waals surface area contributed by atoms with Crippen LogP contribution in [0.15, 0.2) is 71.5 Å². The predicted octanol–water partition coefficient (Wildman–Crippen LogP) is 6.69. The Hall–Kier alpha value is -5.30. The van der Waals surface area contributed by atoms with Gasteiger partial charge in [0.2, 0.25) is 10.0 Å². The van der Waals surface area contributed by atoms with E-state index in [4.69, 9.17) is 36.8 Å². The van der Waals surface area contributed by atoms with Gasteiger partial charge in [0.25, 0.3) is 12.0 Å². The van der Waals surface area contributed by atoms with Crippen LogP contribution in [0.5, 0.6) is 5.75 Å².